The monoisotopic (exact) mass is 303 g/mol. The molecule has 1 aliphatic heterocycles. The molecule has 0 saturated carbocycles. The van der Waals surface area contributed by atoms with Crippen molar-refractivity contribution in [2.75, 3.05) is 33.8 Å². The lowest BCUT2D eigenvalue weighted by Crippen LogP contribution is -2.28. The maximum atomic E-state index is 12.2. The standard InChI is InChI=1S/C15H21N5O2/c1-18(2)15(22)11-10-17-20-13(5-6-16-14(11)20)12-4-3-7-19(12)8-9-21/h5-6,10,12,21H,3-4,7-9H2,1-2H3/t12-/m0/s1. The number of aliphatic hydroxyl groups is 1. The molecule has 3 rings (SSSR count). The number of nitrogens with zero attached hydrogens (tertiary/aromatic N) is 5. The second kappa shape index (κ2) is 6.02. The summed E-state index contributed by atoms with van der Waals surface area (Å²) >= 11 is 0. The Balaban J connectivity index is 2.03. The van der Waals surface area contributed by atoms with Crippen LogP contribution in [-0.4, -0.2) is 69.2 Å². The number of carbonyl (C=O) groups is 1. The number of rotatable bonds is 4. The van der Waals surface area contributed by atoms with Crippen molar-refractivity contribution in [3.8, 4) is 0 Å². The van der Waals surface area contributed by atoms with Crippen molar-refractivity contribution in [3.05, 3.63) is 29.7 Å². The summed E-state index contributed by atoms with van der Waals surface area (Å²) in [5.74, 6) is -0.0988. The number of β-amino-alcohol motifs (C(OH)–C–C–N with tert-alkyl or cyclic N) is 1. The summed E-state index contributed by atoms with van der Waals surface area (Å²) in [6, 6.07) is 2.16. The van der Waals surface area contributed by atoms with E-state index in [0.717, 1.165) is 25.1 Å². The van der Waals surface area contributed by atoms with Crippen molar-refractivity contribution in [2.24, 2.45) is 0 Å². The van der Waals surface area contributed by atoms with Gasteiger partial charge in [-0.1, -0.05) is 0 Å². The molecule has 2 aromatic heterocycles. The maximum absolute atomic E-state index is 12.2. The number of likely N-dealkylation sites (tertiary alicyclic amines) is 1. The zero-order valence-corrected chi connectivity index (χ0v) is 12.9. The molecule has 0 aromatic carbocycles. The first-order valence-corrected chi connectivity index (χ1v) is 7.52. The highest BCUT2D eigenvalue weighted by Gasteiger charge is 2.28. The molecular formula is C15H21N5O2. The molecule has 2 aromatic rings. The molecule has 0 unspecified atom stereocenters. The van der Waals surface area contributed by atoms with E-state index in [4.69, 9.17) is 0 Å². The summed E-state index contributed by atoms with van der Waals surface area (Å²) in [5.41, 5.74) is 2.12. The Morgan fingerprint density at radius 2 is 2.32 bits per heavy atom. The Labute approximate surface area is 129 Å². The number of aliphatic hydroxyl groups excluding tert-OH is 1. The lowest BCUT2D eigenvalue weighted by atomic mass is 10.1. The van der Waals surface area contributed by atoms with Gasteiger partial charge in [0.1, 0.15) is 5.56 Å². The van der Waals surface area contributed by atoms with E-state index >= 15 is 0 Å². The Morgan fingerprint density at radius 3 is 3.05 bits per heavy atom. The fourth-order valence-corrected chi connectivity index (χ4v) is 3.11. The lowest BCUT2D eigenvalue weighted by molar-refractivity contribution is 0.0829. The largest absolute Gasteiger partial charge is 0.395 e. The van der Waals surface area contributed by atoms with Gasteiger partial charge in [0.25, 0.3) is 5.91 Å². The van der Waals surface area contributed by atoms with Crippen LogP contribution in [0.5, 0.6) is 0 Å². The molecule has 1 amide bonds. The molecule has 7 nitrogen and oxygen atoms in total. The topological polar surface area (TPSA) is 74.0 Å². The second-order valence-electron chi connectivity index (χ2n) is 5.78. The molecule has 0 bridgehead atoms. The van der Waals surface area contributed by atoms with E-state index in [0.29, 0.717) is 17.8 Å². The van der Waals surface area contributed by atoms with Gasteiger partial charge >= 0.3 is 0 Å². The molecule has 118 valence electrons. The molecule has 22 heavy (non-hydrogen) atoms. The molecule has 0 spiro atoms. The zero-order chi connectivity index (χ0) is 15.7. The number of carbonyl (C=O) groups excluding carboxylic acids is 1. The molecule has 1 atom stereocenters. The van der Waals surface area contributed by atoms with E-state index in [9.17, 15) is 9.90 Å². The van der Waals surface area contributed by atoms with Gasteiger partial charge in [0, 0.05) is 26.8 Å². The fourth-order valence-electron chi connectivity index (χ4n) is 3.11. The molecule has 1 aliphatic rings. The predicted molar refractivity (Wildman–Crippen MR) is 81.6 cm³/mol. The summed E-state index contributed by atoms with van der Waals surface area (Å²) in [6.45, 7) is 1.77. The lowest BCUT2D eigenvalue weighted by Gasteiger charge is -2.24. The van der Waals surface area contributed by atoms with Crippen LogP contribution < -0.4 is 0 Å². The van der Waals surface area contributed by atoms with Crippen LogP contribution in [0, 0.1) is 0 Å². The van der Waals surface area contributed by atoms with Crippen LogP contribution in [0.4, 0.5) is 0 Å². The van der Waals surface area contributed by atoms with E-state index in [1.165, 1.54) is 4.90 Å². The maximum Gasteiger partial charge on any atom is 0.258 e. The summed E-state index contributed by atoms with van der Waals surface area (Å²) < 4.78 is 1.76. The highest BCUT2D eigenvalue weighted by molar-refractivity contribution is 5.99. The summed E-state index contributed by atoms with van der Waals surface area (Å²) in [5, 5.41) is 13.6. The van der Waals surface area contributed by atoms with Crippen molar-refractivity contribution in [1.29, 1.82) is 0 Å². The highest BCUT2D eigenvalue weighted by atomic mass is 16.3. The van der Waals surface area contributed by atoms with Crippen LogP contribution in [0.15, 0.2) is 18.5 Å². The Kier molecular flexibility index (Phi) is 4.08. The van der Waals surface area contributed by atoms with Gasteiger partial charge in [-0.2, -0.15) is 5.10 Å². The van der Waals surface area contributed by atoms with E-state index in [1.54, 1.807) is 31.0 Å². The van der Waals surface area contributed by atoms with Gasteiger partial charge in [0.2, 0.25) is 0 Å². The van der Waals surface area contributed by atoms with Crippen molar-refractivity contribution in [1.82, 2.24) is 24.4 Å². The van der Waals surface area contributed by atoms with E-state index in [-0.39, 0.29) is 18.6 Å². The van der Waals surface area contributed by atoms with Gasteiger partial charge in [-0.3, -0.25) is 9.69 Å². The Bertz CT molecular complexity index is 682. The van der Waals surface area contributed by atoms with E-state index in [2.05, 4.69) is 15.0 Å². The van der Waals surface area contributed by atoms with Gasteiger partial charge in [-0.05, 0) is 25.5 Å². The van der Waals surface area contributed by atoms with E-state index in [1.807, 2.05) is 6.07 Å². The SMILES string of the molecule is CN(C)C(=O)c1cnn2c([C@@H]3CCCN3CCO)ccnc12. The third-order valence-electron chi connectivity index (χ3n) is 4.16. The van der Waals surface area contributed by atoms with Crippen molar-refractivity contribution < 1.29 is 9.90 Å². The molecule has 0 aliphatic carbocycles. The molecule has 3 heterocycles. The minimum absolute atomic E-state index is 0.0988. The third kappa shape index (κ3) is 2.46. The summed E-state index contributed by atoms with van der Waals surface area (Å²) in [6.07, 6.45) is 5.43. The normalized spacial score (nSPS) is 19.0. The minimum atomic E-state index is -0.0988. The first kappa shape index (κ1) is 14.9. The minimum Gasteiger partial charge on any atom is -0.395 e. The third-order valence-corrected chi connectivity index (χ3v) is 4.16. The average molecular weight is 303 g/mol. The number of hydrogen-bond acceptors (Lipinski definition) is 5. The van der Waals surface area contributed by atoms with Crippen LogP contribution in [0.25, 0.3) is 5.65 Å². The molecule has 1 saturated heterocycles. The van der Waals surface area contributed by atoms with Crippen LogP contribution >= 0.6 is 0 Å². The molecule has 7 heteroatoms. The van der Waals surface area contributed by atoms with Crippen LogP contribution in [0.2, 0.25) is 0 Å². The second-order valence-corrected chi connectivity index (χ2v) is 5.78. The van der Waals surface area contributed by atoms with Crippen LogP contribution in [0.3, 0.4) is 0 Å². The van der Waals surface area contributed by atoms with Gasteiger partial charge in [-0.25, -0.2) is 9.50 Å². The first-order chi connectivity index (χ1) is 10.6. The highest BCUT2D eigenvalue weighted by Crippen LogP contribution is 2.31. The van der Waals surface area contributed by atoms with Gasteiger partial charge in [0.05, 0.1) is 24.5 Å². The number of aromatic nitrogens is 3. The molecular weight excluding hydrogens is 282 g/mol. The van der Waals surface area contributed by atoms with Crippen molar-refractivity contribution in [3.63, 3.8) is 0 Å². The number of amides is 1. The first-order valence-electron chi connectivity index (χ1n) is 7.52. The van der Waals surface area contributed by atoms with Crippen LogP contribution in [-0.2, 0) is 0 Å². The zero-order valence-electron chi connectivity index (χ0n) is 12.9. The predicted octanol–water partition coefficient (Wildman–Crippen LogP) is 0.560. The Hall–Kier alpha value is -1.99. The van der Waals surface area contributed by atoms with Gasteiger partial charge in [-0.15, -0.1) is 0 Å². The average Bonchev–Trinajstić information content (AvgIpc) is 3.13. The molecule has 1 fully saturated rings. The Morgan fingerprint density at radius 1 is 1.50 bits per heavy atom. The molecule has 0 radical (unpaired) electrons. The summed E-state index contributed by atoms with van der Waals surface area (Å²) in [4.78, 5) is 20.3. The molecule has 1 N–H and O–H groups in total. The van der Waals surface area contributed by atoms with Gasteiger partial charge in [0.15, 0.2) is 5.65 Å². The quantitative estimate of drug-likeness (QED) is 0.893. The van der Waals surface area contributed by atoms with Gasteiger partial charge < -0.3 is 10.0 Å². The smallest absolute Gasteiger partial charge is 0.258 e. The van der Waals surface area contributed by atoms with Crippen molar-refractivity contribution in [2.45, 2.75) is 18.9 Å². The van der Waals surface area contributed by atoms with Crippen molar-refractivity contribution >= 4 is 11.6 Å². The number of fused-ring (bicyclic) bond motifs is 1. The van der Waals surface area contributed by atoms with Crippen LogP contribution in [0.1, 0.15) is 34.9 Å². The fraction of sp³-hybridized carbons (Fsp3) is 0.533. The van der Waals surface area contributed by atoms with E-state index < -0.39 is 0 Å². The summed E-state index contributed by atoms with van der Waals surface area (Å²) in [7, 11) is 3.44. The number of hydrogen-bond donors (Lipinski definition) is 1.